The van der Waals surface area contributed by atoms with Crippen molar-refractivity contribution in [3.63, 3.8) is 0 Å². The first-order chi connectivity index (χ1) is 11.5. The number of carbonyl (C=O) groups excluding carboxylic acids is 1. The number of aryl methyl sites for hydroxylation is 2. The van der Waals surface area contributed by atoms with E-state index in [-0.39, 0.29) is 12.7 Å². The molecular formula is C17H13ClN2O3S. The minimum absolute atomic E-state index is 0.108. The Kier molecular flexibility index (Phi) is 3.58. The highest BCUT2D eigenvalue weighted by Crippen LogP contribution is 2.40. The molecule has 0 saturated carbocycles. The fourth-order valence-corrected chi connectivity index (χ4v) is 3.85. The molecule has 122 valence electrons. The second kappa shape index (κ2) is 5.65. The molecule has 1 aliphatic rings. The minimum Gasteiger partial charge on any atom is -0.454 e. The summed E-state index contributed by atoms with van der Waals surface area (Å²) in [5, 5.41) is 3.74. The van der Waals surface area contributed by atoms with Crippen LogP contribution in [0.1, 0.15) is 21.5 Å². The lowest BCUT2D eigenvalue weighted by Gasteiger charge is -2.04. The summed E-state index contributed by atoms with van der Waals surface area (Å²) in [5.41, 5.74) is 3.54. The number of anilines is 1. The second-order valence-electron chi connectivity index (χ2n) is 5.54. The first-order valence-electron chi connectivity index (χ1n) is 7.30. The largest absolute Gasteiger partial charge is 0.454 e. The third-order valence-corrected chi connectivity index (χ3v) is 5.24. The molecule has 0 atom stereocenters. The number of hydrogen-bond donors (Lipinski definition) is 1. The second-order valence-corrected chi connectivity index (χ2v) is 6.95. The number of nitrogens with one attached hydrogen (secondary N) is 1. The molecule has 2 heterocycles. The fourth-order valence-electron chi connectivity index (χ4n) is 2.58. The van der Waals surface area contributed by atoms with Gasteiger partial charge in [0.05, 0.1) is 15.2 Å². The van der Waals surface area contributed by atoms with Gasteiger partial charge in [-0.1, -0.05) is 35.1 Å². The SMILES string of the molecule is Cc1ccc(C)c2sc(NC(=O)c3cc(Cl)c4c(c3)OCO4)nc12. The monoisotopic (exact) mass is 360 g/mol. The van der Waals surface area contributed by atoms with Crippen molar-refractivity contribution in [3.8, 4) is 11.5 Å². The van der Waals surface area contributed by atoms with E-state index >= 15 is 0 Å². The third kappa shape index (κ3) is 2.48. The van der Waals surface area contributed by atoms with E-state index in [1.807, 2.05) is 19.9 Å². The number of thiazole rings is 1. The maximum absolute atomic E-state index is 12.5. The Morgan fingerprint density at radius 1 is 1.25 bits per heavy atom. The van der Waals surface area contributed by atoms with Crippen molar-refractivity contribution in [1.29, 1.82) is 0 Å². The average molecular weight is 361 g/mol. The molecule has 0 radical (unpaired) electrons. The van der Waals surface area contributed by atoms with Gasteiger partial charge in [-0.2, -0.15) is 0 Å². The van der Waals surface area contributed by atoms with Crippen molar-refractivity contribution in [2.24, 2.45) is 0 Å². The molecule has 5 nitrogen and oxygen atoms in total. The van der Waals surface area contributed by atoms with Crippen molar-refractivity contribution >= 4 is 44.2 Å². The van der Waals surface area contributed by atoms with Crippen molar-refractivity contribution in [2.75, 3.05) is 12.1 Å². The Hall–Kier alpha value is -2.31. The predicted molar refractivity (Wildman–Crippen MR) is 94.6 cm³/mol. The van der Waals surface area contributed by atoms with Crippen LogP contribution in [0.5, 0.6) is 11.5 Å². The molecule has 4 rings (SSSR count). The van der Waals surface area contributed by atoms with Gasteiger partial charge in [-0.3, -0.25) is 10.1 Å². The van der Waals surface area contributed by atoms with Crippen LogP contribution < -0.4 is 14.8 Å². The van der Waals surface area contributed by atoms with Gasteiger partial charge in [-0.15, -0.1) is 0 Å². The molecule has 0 saturated heterocycles. The van der Waals surface area contributed by atoms with Gasteiger partial charge in [0.15, 0.2) is 16.6 Å². The van der Waals surface area contributed by atoms with E-state index in [0.717, 1.165) is 21.3 Å². The summed E-state index contributed by atoms with van der Waals surface area (Å²) in [6.07, 6.45) is 0. The maximum Gasteiger partial charge on any atom is 0.257 e. The lowest BCUT2D eigenvalue weighted by molar-refractivity contribution is 0.102. The number of aromatic nitrogens is 1. The van der Waals surface area contributed by atoms with Crippen LogP contribution in [0.4, 0.5) is 5.13 Å². The predicted octanol–water partition coefficient (Wildman–Crippen LogP) is 4.55. The molecule has 0 aliphatic carbocycles. The number of hydrogen-bond acceptors (Lipinski definition) is 5. The quantitative estimate of drug-likeness (QED) is 0.728. The number of nitrogens with zero attached hydrogens (tertiary/aromatic N) is 1. The molecule has 0 unspecified atom stereocenters. The standard InChI is InChI=1S/C17H13ClN2O3S/c1-8-3-4-9(2)15-13(8)19-17(24-15)20-16(21)10-5-11(18)14-12(6-10)22-7-23-14/h3-6H,7H2,1-2H3,(H,19,20,21). The van der Waals surface area contributed by atoms with Gasteiger partial charge in [0.2, 0.25) is 6.79 Å². The lowest BCUT2D eigenvalue weighted by Crippen LogP contribution is -2.11. The first-order valence-corrected chi connectivity index (χ1v) is 8.49. The van der Waals surface area contributed by atoms with Gasteiger partial charge >= 0.3 is 0 Å². The molecule has 0 fully saturated rings. The van der Waals surface area contributed by atoms with Crippen molar-refractivity contribution in [2.45, 2.75) is 13.8 Å². The van der Waals surface area contributed by atoms with Gasteiger partial charge in [-0.25, -0.2) is 4.98 Å². The van der Waals surface area contributed by atoms with Gasteiger partial charge in [0, 0.05) is 5.56 Å². The van der Waals surface area contributed by atoms with E-state index in [9.17, 15) is 4.79 Å². The zero-order valence-electron chi connectivity index (χ0n) is 13.0. The van der Waals surface area contributed by atoms with E-state index in [1.165, 1.54) is 11.3 Å². The van der Waals surface area contributed by atoms with E-state index in [1.54, 1.807) is 12.1 Å². The van der Waals surface area contributed by atoms with E-state index < -0.39 is 0 Å². The summed E-state index contributed by atoms with van der Waals surface area (Å²) < 4.78 is 11.6. The molecule has 0 spiro atoms. The number of amides is 1. The summed E-state index contributed by atoms with van der Waals surface area (Å²) in [5.74, 6) is 0.660. The first kappa shape index (κ1) is 15.2. The summed E-state index contributed by atoms with van der Waals surface area (Å²) in [6.45, 7) is 4.14. The summed E-state index contributed by atoms with van der Waals surface area (Å²) >= 11 is 7.59. The van der Waals surface area contributed by atoms with Crippen LogP contribution in [0, 0.1) is 13.8 Å². The number of rotatable bonds is 2. The van der Waals surface area contributed by atoms with E-state index in [2.05, 4.69) is 16.4 Å². The fraction of sp³-hybridized carbons (Fsp3) is 0.176. The van der Waals surface area contributed by atoms with Crippen LogP contribution >= 0.6 is 22.9 Å². The maximum atomic E-state index is 12.5. The smallest absolute Gasteiger partial charge is 0.257 e. The van der Waals surface area contributed by atoms with Crippen molar-refractivity contribution < 1.29 is 14.3 Å². The van der Waals surface area contributed by atoms with E-state index in [4.69, 9.17) is 21.1 Å². The average Bonchev–Trinajstić information content (AvgIpc) is 3.18. The molecule has 24 heavy (non-hydrogen) atoms. The lowest BCUT2D eigenvalue weighted by atomic mass is 10.1. The highest BCUT2D eigenvalue weighted by atomic mass is 35.5. The normalized spacial score (nSPS) is 12.6. The molecule has 1 aromatic heterocycles. The van der Waals surface area contributed by atoms with Gasteiger partial charge in [0.1, 0.15) is 0 Å². The van der Waals surface area contributed by atoms with Crippen LogP contribution in [-0.4, -0.2) is 17.7 Å². The molecular weight excluding hydrogens is 348 g/mol. The number of carbonyl (C=O) groups is 1. The van der Waals surface area contributed by atoms with Crippen LogP contribution in [0.3, 0.4) is 0 Å². The number of benzene rings is 2. The van der Waals surface area contributed by atoms with Gasteiger partial charge in [0.25, 0.3) is 5.91 Å². The Bertz CT molecular complexity index is 945. The number of ether oxygens (including phenoxy) is 2. The van der Waals surface area contributed by atoms with Crippen LogP contribution in [0.2, 0.25) is 5.02 Å². The zero-order chi connectivity index (χ0) is 16.8. The molecule has 2 aromatic carbocycles. The zero-order valence-corrected chi connectivity index (χ0v) is 14.5. The van der Waals surface area contributed by atoms with E-state index in [0.29, 0.717) is 27.2 Å². The molecule has 3 aromatic rings. The minimum atomic E-state index is -0.287. The highest BCUT2D eigenvalue weighted by molar-refractivity contribution is 7.22. The van der Waals surface area contributed by atoms with Crippen molar-refractivity contribution in [3.05, 3.63) is 46.0 Å². The Morgan fingerprint density at radius 3 is 2.83 bits per heavy atom. The van der Waals surface area contributed by atoms with Crippen LogP contribution in [0.25, 0.3) is 10.2 Å². The Labute approximate surface area is 147 Å². The Balaban J connectivity index is 1.66. The summed E-state index contributed by atoms with van der Waals surface area (Å²) in [4.78, 5) is 17.0. The highest BCUT2D eigenvalue weighted by Gasteiger charge is 2.21. The molecule has 1 aliphatic heterocycles. The van der Waals surface area contributed by atoms with Crippen molar-refractivity contribution in [1.82, 2.24) is 4.98 Å². The van der Waals surface area contributed by atoms with Gasteiger partial charge in [-0.05, 0) is 37.1 Å². The third-order valence-electron chi connectivity index (χ3n) is 3.85. The molecule has 1 amide bonds. The summed E-state index contributed by atoms with van der Waals surface area (Å²) in [7, 11) is 0. The van der Waals surface area contributed by atoms with Crippen LogP contribution in [0.15, 0.2) is 24.3 Å². The topological polar surface area (TPSA) is 60.5 Å². The molecule has 0 bridgehead atoms. The molecule has 7 heteroatoms. The van der Waals surface area contributed by atoms with Gasteiger partial charge < -0.3 is 9.47 Å². The van der Waals surface area contributed by atoms with Crippen LogP contribution in [-0.2, 0) is 0 Å². The summed E-state index contributed by atoms with van der Waals surface area (Å²) in [6, 6.07) is 7.27. The Morgan fingerprint density at radius 2 is 2.04 bits per heavy atom. The number of halogens is 1. The number of fused-ring (bicyclic) bond motifs is 2. The molecule has 1 N–H and O–H groups in total.